The van der Waals surface area contributed by atoms with Crippen LogP contribution < -0.4 is 0 Å². The van der Waals surface area contributed by atoms with Crippen LogP contribution >= 0.6 is 23.2 Å². The van der Waals surface area contributed by atoms with E-state index < -0.39 is 5.41 Å². The molecule has 0 N–H and O–H groups in total. The number of halogens is 2. The Labute approximate surface area is 209 Å². The number of rotatable bonds is 4. The minimum absolute atomic E-state index is 0.402. The molecule has 0 bridgehead atoms. The predicted octanol–water partition coefficient (Wildman–Crippen LogP) is 7.31. The van der Waals surface area contributed by atoms with Crippen molar-refractivity contribution in [2.24, 2.45) is 7.05 Å². The fourth-order valence-corrected chi connectivity index (χ4v) is 5.45. The van der Waals surface area contributed by atoms with Gasteiger partial charge in [0.2, 0.25) is 0 Å². The number of hydrogen-bond acceptors (Lipinski definition) is 3. The molecule has 5 rings (SSSR count). The van der Waals surface area contributed by atoms with Crippen molar-refractivity contribution < 1.29 is 0 Å². The maximum Gasteiger partial charge on any atom is 0.139 e. The molecule has 0 spiro atoms. The quantitative estimate of drug-likeness (QED) is 0.250. The van der Waals surface area contributed by atoms with Gasteiger partial charge in [0.05, 0.1) is 28.0 Å². The molecule has 0 aliphatic rings. The third-order valence-corrected chi connectivity index (χ3v) is 7.28. The van der Waals surface area contributed by atoms with E-state index in [2.05, 4.69) is 52.6 Å². The second-order valence-electron chi connectivity index (χ2n) is 8.85. The van der Waals surface area contributed by atoms with Crippen LogP contribution in [0.3, 0.4) is 0 Å². The third-order valence-electron chi connectivity index (χ3n) is 6.62. The Balaban J connectivity index is 1.84. The van der Waals surface area contributed by atoms with Crippen molar-refractivity contribution >= 4 is 34.1 Å². The van der Waals surface area contributed by atoms with Gasteiger partial charge in [0.1, 0.15) is 5.15 Å². The van der Waals surface area contributed by atoms with Crippen molar-refractivity contribution in [2.45, 2.75) is 26.2 Å². The summed E-state index contributed by atoms with van der Waals surface area (Å²) in [6.45, 7) is 6.28. The van der Waals surface area contributed by atoms with Gasteiger partial charge in [-0.1, -0.05) is 59.6 Å². The summed E-state index contributed by atoms with van der Waals surface area (Å²) in [5.74, 6) is 0. The van der Waals surface area contributed by atoms with Gasteiger partial charge in [-0.25, -0.2) is 9.97 Å². The average molecular weight is 487 g/mol. The summed E-state index contributed by atoms with van der Waals surface area (Å²) in [5.41, 5.74) is 7.25. The van der Waals surface area contributed by atoms with E-state index in [-0.39, 0.29) is 0 Å². The van der Waals surface area contributed by atoms with Crippen LogP contribution in [-0.4, -0.2) is 19.5 Å². The molecule has 1 unspecified atom stereocenters. The van der Waals surface area contributed by atoms with Crippen LogP contribution in [0.4, 0.5) is 0 Å². The van der Waals surface area contributed by atoms with Crippen molar-refractivity contribution in [3.63, 3.8) is 0 Å². The standard InChI is InChI=1S/C28H24Cl2N4/c1-17-12-21(28(3,23-15-31-16-34(23)4)20-10-11-32-18(2)13-20)14-22-25(29)24(27(30)33-26(17)22)19-8-6-5-7-9-19/h5-16H,1-4H3. The van der Waals surface area contributed by atoms with Crippen LogP contribution in [0.5, 0.6) is 0 Å². The lowest BCUT2D eigenvalue weighted by atomic mass is 9.73. The van der Waals surface area contributed by atoms with E-state index in [9.17, 15) is 0 Å². The first-order valence-corrected chi connectivity index (χ1v) is 11.8. The zero-order valence-corrected chi connectivity index (χ0v) is 21.0. The SMILES string of the molecule is Cc1cc(C(C)(c2cc(C)c3nc(Cl)c(-c4ccccc4)c(Cl)c3c2)c2cncn2C)ccn1. The highest BCUT2D eigenvalue weighted by Crippen LogP contribution is 2.44. The second kappa shape index (κ2) is 8.53. The van der Waals surface area contributed by atoms with E-state index in [0.717, 1.165) is 50.1 Å². The van der Waals surface area contributed by atoms with Crippen LogP contribution in [0.1, 0.15) is 35.0 Å². The Morgan fingerprint density at radius 3 is 2.38 bits per heavy atom. The molecule has 1 atom stereocenters. The molecule has 4 nitrogen and oxygen atoms in total. The number of hydrogen-bond donors (Lipinski definition) is 0. The van der Waals surface area contributed by atoms with Crippen LogP contribution in [0.2, 0.25) is 10.2 Å². The average Bonchev–Trinajstić information content (AvgIpc) is 3.26. The maximum absolute atomic E-state index is 7.05. The molecule has 0 radical (unpaired) electrons. The van der Waals surface area contributed by atoms with Gasteiger partial charge in [-0.2, -0.15) is 0 Å². The van der Waals surface area contributed by atoms with Gasteiger partial charge in [-0.15, -0.1) is 0 Å². The highest BCUT2D eigenvalue weighted by molar-refractivity contribution is 6.42. The topological polar surface area (TPSA) is 43.6 Å². The van der Waals surface area contributed by atoms with Crippen LogP contribution in [0.15, 0.2) is 73.3 Å². The van der Waals surface area contributed by atoms with Crippen molar-refractivity contribution in [1.29, 1.82) is 0 Å². The zero-order chi connectivity index (χ0) is 24.0. The molecule has 0 aliphatic carbocycles. The number of aryl methyl sites for hydroxylation is 3. The van der Waals surface area contributed by atoms with E-state index in [1.54, 1.807) is 0 Å². The van der Waals surface area contributed by atoms with Gasteiger partial charge in [0.25, 0.3) is 0 Å². The minimum Gasteiger partial charge on any atom is -0.337 e. The molecule has 0 aliphatic heterocycles. The van der Waals surface area contributed by atoms with Crippen molar-refractivity contribution in [3.8, 4) is 11.1 Å². The van der Waals surface area contributed by atoms with Gasteiger partial charge < -0.3 is 4.57 Å². The summed E-state index contributed by atoms with van der Waals surface area (Å²) < 4.78 is 2.06. The highest BCUT2D eigenvalue weighted by Gasteiger charge is 2.35. The van der Waals surface area contributed by atoms with E-state index >= 15 is 0 Å². The lowest BCUT2D eigenvalue weighted by molar-refractivity contribution is 0.624. The lowest BCUT2D eigenvalue weighted by Gasteiger charge is -2.32. The Bertz CT molecular complexity index is 1530. The molecule has 0 saturated heterocycles. The monoisotopic (exact) mass is 486 g/mol. The van der Waals surface area contributed by atoms with E-state index in [0.29, 0.717) is 10.2 Å². The molecule has 170 valence electrons. The molecular weight excluding hydrogens is 463 g/mol. The highest BCUT2D eigenvalue weighted by atomic mass is 35.5. The second-order valence-corrected chi connectivity index (χ2v) is 9.58. The van der Waals surface area contributed by atoms with E-state index in [1.807, 2.05) is 63.0 Å². The Kier molecular flexibility index (Phi) is 5.67. The van der Waals surface area contributed by atoms with Crippen molar-refractivity contribution in [1.82, 2.24) is 19.5 Å². The Hall–Kier alpha value is -3.21. The fraction of sp³-hybridized carbons (Fsp3) is 0.179. The van der Waals surface area contributed by atoms with Crippen LogP contribution in [0.25, 0.3) is 22.0 Å². The number of imidazole rings is 1. The van der Waals surface area contributed by atoms with Gasteiger partial charge >= 0.3 is 0 Å². The van der Waals surface area contributed by atoms with Crippen molar-refractivity contribution in [3.05, 3.63) is 112 Å². The molecule has 3 heterocycles. The van der Waals surface area contributed by atoms with Gasteiger partial charge in [-0.3, -0.25) is 4.98 Å². The number of fused-ring (bicyclic) bond motifs is 1. The molecule has 0 saturated carbocycles. The minimum atomic E-state index is -0.492. The predicted molar refractivity (Wildman–Crippen MR) is 140 cm³/mol. The summed E-state index contributed by atoms with van der Waals surface area (Å²) >= 11 is 13.7. The normalized spacial score (nSPS) is 13.2. The van der Waals surface area contributed by atoms with Gasteiger partial charge in [0.15, 0.2) is 0 Å². The first-order chi connectivity index (χ1) is 16.3. The van der Waals surface area contributed by atoms with E-state index in [4.69, 9.17) is 28.2 Å². The summed E-state index contributed by atoms with van der Waals surface area (Å²) in [5, 5.41) is 1.88. The maximum atomic E-state index is 7.05. The molecular formula is C28H24Cl2N4. The molecule has 0 fully saturated rings. The smallest absolute Gasteiger partial charge is 0.139 e. The fourth-order valence-electron chi connectivity index (χ4n) is 4.77. The lowest BCUT2D eigenvalue weighted by Crippen LogP contribution is -2.28. The number of benzene rings is 2. The summed E-state index contributed by atoms with van der Waals surface area (Å²) in [7, 11) is 2.02. The summed E-state index contributed by atoms with van der Waals surface area (Å²) in [6.07, 6.45) is 5.61. The Morgan fingerprint density at radius 1 is 0.941 bits per heavy atom. The van der Waals surface area contributed by atoms with Crippen LogP contribution in [-0.2, 0) is 12.5 Å². The summed E-state index contributed by atoms with van der Waals surface area (Å²) in [6, 6.07) is 18.4. The van der Waals surface area contributed by atoms with Crippen LogP contribution in [0, 0.1) is 13.8 Å². The Morgan fingerprint density at radius 2 is 1.71 bits per heavy atom. The zero-order valence-electron chi connectivity index (χ0n) is 19.5. The molecule has 0 amide bonds. The molecule has 5 aromatic rings. The number of pyridine rings is 2. The molecule has 3 aromatic heterocycles. The largest absolute Gasteiger partial charge is 0.337 e. The number of aromatic nitrogens is 4. The van der Waals surface area contributed by atoms with Gasteiger partial charge in [-0.05, 0) is 61.2 Å². The first-order valence-electron chi connectivity index (χ1n) is 11.1. The van der Waals surface area contributed by atoms with E-state index in [1.165, 1.54) is 0 Å². The summed E-state index contributed by atoms with van der Waals surface area (Å²) in [4.78, 5) is 13.6. The molecule has 6 heteroatoms. The third kappa shape index (κ3) is 3.58. The molecule has 34 heavy (non-hydrogen) atoms. The first kappa shape index (κ1) is 22.6. The molecule has 2 aromatic carbocycles. The van der Waals surface area contributed by atoms with Crippen molar-refractivity contribution in [2.75, 3.05) is 0 Å². The van der Waals surface area contributed by atoms with Gasteiger partial charge in [0, 0.05) is 36.1 Å². The number of nitrogens with zero attached hydrogens (tertiary/aromatic N) is 4.